The number of hydrogen-bond donors (Lipinski definition) is 3. The lowest BCUT2D eigenvalue weighted by Gasteiger charge is -2.40. The summed E-state index contributed by atoms with van der Waals surface area (Å²) >= 11 is 0. The lowest BCUT2D eigenvalue weighted by atomic mass is 9.98. The van der Waals surface area contributed by atoms with E-state index >= 15 is 0 Å². The zero-order valence-electron chi connectivity index (χ0n) is 49.4. The maximum atomic E-state index is 13.2. The Morgan fingerprint density at radius 2 is 0.778 bits per heavy atom. The van der Waals surface area contributed by atoms with E-state index in [0.29, 0.717) is 32.1 Å². The monoisotopic (exact) mass is 1120 g/mol. The van der Waals surface area contributed by atoms with E-state index in [4.69, 9.17) is 23.7 Å². The summed E-state index contributed by atoms with van der Waals surface area (Å²) in [5.41, 5.74) is 0. The van der Waals surface area contributed by atoms with E-state index in [-0.39, 0.29) is 25.9 Å². The molecule has 0 bridgehead atoms. The lowest BCUT2D eigenvalue weighted by molar-refractivity contribution is -0.301. The number of aliphatic carboxylic acids is 1. The Labute approximate surface area is 487 Å². The minimum Gasteiger partial charge on any atom is -0.479 e. The number of allylic oxidation sites excluding steroid dienone is 28. The van der Waals surface area contributed by atoms with E-state index in [1.54, 1.807) is 0 Å². The Bertz CT molecular complexity index is 2060. The number of carboxylic acid groups (broad SMARTS) is 1. The first-order chi connectivity index (χ1) is 39.6. The second-order valence-corrected chi connectivity index (χ2v) is 19.5. The average Bonchev–Trinajstić information content (AvgIpc) is 3.53. The lowest BCUT2D eigenvalue weighted by Crippen LogP contribution is -2.61. The van der Waals surface area contributed by atoms with Gasteiger partial charge in [-0.05, 0) is 128 Å². The van der Waals surface area contributed by atoms with Crippen LogP contribution in [-0.4, -0.2) is 89.2 Å². The fourth-order valence-electron chi connectivity index (χ4n) is 7.79. The fourth-order valence-corrected chi connectivity index (χ4v) is 7.79. The van der Waals surface area contributed by atoms with Crippen molar-refractivity contribution in [1.82, 2.24) is 0 Å². The zero-order valence-corrected chi connectivity index (χ0v) is 49.4. The van der Waals surface area contributed by atoms with Gasteiger partial charge in [0.2, 0.25) is 0 Å². The Kier molecular flexibility index (Phi) is 49.3. The molecule has 0 spiro atoms. The summed E-state index contributed by atoms with van der Waals surface area (Å²) in [5.74, 6) is -3.37. The first-order valence-electron chi connectivity index (χ1n) is 30.1. The van der Waals surface area contributed by atoms with Crippen molar-refractivity contribution < 1.29 is 58.2 Å². The number of ether oxygens (including phenoxy) is 5. The van der Waals surface area contributed by atoms with Crippen LogP contribution in [0.2, 0.25) is 0 Å². The Morgan fingerprint density at radius 3 is 1.21 bits per heavy atom. The number of carbonyl (C=O) groups excluding carboxylic acids is 3. The molecule has 1 aliphatic heterocycles. The molecular weight excluding hydrogens is 1020 g/mol. The molecule has 0 aromatic heterocycles. The van der Waals surface area contributed by atoms with Crippen molar-refractivity contribution in [2.75, 3.05) is 13.2 Å². The molecule has 0 radical (unpaired) electrons. The summed E-state index contributed by atoms with van der Waals surface area (Å²) in [4.78, 5) is 51.2. The summed E-state index contributed by atoms with van der Waals surface area (Å²) in [6.45, 7) is 5.53. The van der Waals surface area contributed by atoms with Crippen LogP contribution in [0.5, 0.6) is 0 Å². The van der Waals surface area contributed by atoms with Gasteiger partial charge >= 0.3 is 23.9 Å². The highest BCUT2D eigenvalue weighted by Crippen LogP contribution is 2.26. The minimum absolute atomic E-state index is 0.0377. The third kappa shape index (κ3) is 44.4. The molecule has 0 saturated carbocycles. The normalized spacial score (nSPS) is 19.0. The molecule has 1 fully saturated rings. The van der Waals surface area contributed by atoms with E-state index in [1.807, 2.05) is 24.3 Å². The average molecular weight is 1120 g/mol. The maximum absolute atomic E-state index is 13.2. The smallest absolute Gasteiger partial charge is 0.335 e. The number of hydrogen-bond acceptors (Lipinski definition) is 11. The molecule has 0 amide bonds. The molecule has 1 rings (SSSR count). The SMILES string of the molecule is CC/C=C\C/C=C\C/C=C\C/C=C\C/C=C\C/C=C\CCC(=O)OCC(COC1OC(C(=O)O)C(O)C(O)C1OC(=O)CCC/C=C\C/C=C\C/C=C\C/C=C\C/C=C\CC)OC(=O)CCCCCCC/C=C\C/C=C\C/C=C\CC. The molecule has 6 atom stereocenters. The molecule has 81 heavy (non-hydrogen) atoms. The number of rotatable bonds is 48. The molecular formula is C69H102O12. The van der Waals surface area contributed by atoms with E-state index in [0.717, 1.165) is 116 Å². The fraction of sp³-hybridized carbons (Fsp3) is 0.536. The summed E-state index contributed by atoms with van der Waals surface area (Å²) in [6.07, 6.45) is 69.1. The van der Waals surface area contributed by atoms with Gasteiger partial charge in [0.1, 0.15) is 18.8 Å². The van der Waals surface area contributed by atoms with Gasteiger partial charge in [0.05, 0.1) is 6.61 Å². The Hall–Kier alpha value is -5.92. The van der Waals surface area contributed by atoms with E-state index in [2.05, 4.69) is 167 Å². The van der Waals surface area contributed by atoms with Gasteiger partial charge in [-0.25, -0.2) is 4.79 Å². The van der Waals surface area contributed by atoms with Crippen molar-refractivity contribution in [2.45, 2.75) is 225 Å². The number of carboxylic acids is 1. The number of carbonyl (C=O) groups is 4. The van der Waals surface area contributed by atoms with Crippen molar-refractivity contribution in [3.63, 3.8) is 0 Å². The topological polar surface area (TPSA) is 175 Å². The summed E-state index contributed by atoms with van der Waals surface area (Å²) in [5, 5.41) is 31.5. The zero-order chi connectivity index (χ0) is 58.9. The molecule has 0 aromatic rings. The quantitative estimate of drug-likeness (QED) is 0.0228. The van der Waals surface area contributed by atoms with Gasteiger partial charge in [0.15, 0.2) is 24.6 Å². The number of aliphatic hydroxyl groups excluding tert-OH is 2. The molecule has 6 unspecified atom stereocenters. The largest absolute Gasteiger partial charge is 0.479 e. The third-order valence-corrected chi connectivity index (χ3v) is 12.3. The van der Waals surface area contributed by atoms with Crippen LogP contribution in [0.3, 0.4) is 0 Å². The van der Waals surface area contributed by atoms with Crippen LogP contribution in [0.15, 0.2) is 170 Å². The molecule has 1 saturated heterocycles. The van der Waals surface area contributed by atoms with Crippen LogP contribution < -0.4 is 0 Å². The highest BCUT2D eigenvalue weighted by atomic mass is 16.7. The van der Waals surface area contributed by atoms with Gasteiger partial charge in [0.25, 0.3) is 0 Å². The van der Waals surface area contributed by atoms with E-state index < -0.39 is 67.3 Å². The molecule has 12 nitrogen and oxygen atoms in total. The summed E-state index contributed by atoms with van der Waals surface area (Å²) < 4.78 is 28.3. The standard InChI is InChI=1S/C69H102O12/c1-4-7-10-13-16-19-22-25-28-30-31-33-35-37-40-43-46-49-52-55-61(70)77-58-60(79-62(71)56-53-50-47-44-41-38-34-27-24-21-18-15-12-9-6-3)59-78-69-67(65(74)64(73)66(81-69)68(75)76)80-63(72)57-54-51-48-45-42-39-36-32-29-26-23-20-17-14-11-8-5-2/h7-12,16-21,25-29,31,33-34,36-37,39-40,45-46,48-49,60,64-67,69,73-74H,4-6,13-15,22-24,30,32,35,38,41-44,47,50-59H2,1-3H3,(H,75,76)/b10-7-,11-8-,12-9-,19-16-,20-17-,21-18-,28-25-,29-26-,33-31-,34-27-,39-36-,40-37-,48-45-,49-46-. The van der Waals surface area contributed by atoms with Gasteiger partial charge in [-0.3, -0.25) is 14.4 Å². The van der Waals surface area contributed by atoms with Crippen LogP contribution in [0.25, 0.3) is 0 Å². The molecule has 1 heterocycles. The van der Waals surface area contributed by atoms with Crippen molar-refractivity contribution in [3.05, 3.63) is 170 Å². The van der Waals surface area contributed by atoms with Gasteiger partial charge < -0.3 is 39.0 Å². The number of aliphatic hydroxyl groups is 2. The Balaban J connectivity index is 2.79. The van der Waals surface area contributed by atoms with Gasteiger partial charge in [-0.1, -0.05) is 210 Å². The third-order valence-electron chi connectivity index (χ3n) is 12.3. The van der Waals surface area contributed by atoms with Gasteiger partial charge in [-0.2, -0.15) is 0 Å². The van der Waals surface area contributed by atoms with Gasteiger partial charge in [-0.15, -0.1) is 0 Å². The molecule has 1 aliphatic rings. The van der Waals surface area contributed by atoms with Crippen LogP contribution >= 0.6 is 0 Å². The first-order valence-corrected chi connectivity index (χ1v) is 30.1. The van der Waals surface area contributed by atoms with Crippen LogP contribution in [0.4, 0.5) is 0 Å². The van der Waals surface area contributed by atoms with Crippen molar-refractivity contribution in [1.29, 1.82) is 0 Å². The van der Waals surface area contributed by atoms with E-state index in [9.17, 15) is 34.5 Å². The number of unbranched alkanes of at least 4 members (excludes halogenated alkanes) is 6. The van der Waals surface area contributed by atoms with Crippen molar-refractivity contribution in [2.24, 2.45) is 0 Å². The predicted molar refractivity (Wildman–Crippen MR) is 330 cm³/mol. The maximum Gasteiger partial charge on any atom is 0.335 e. The van der Waals surface area contributed by atoms with Crippen LogP contribution in [-0.2, 0) is 42.9 Å². The second kappa shape index (κ2) is 54.7. The van der Waals surface area contributed by atoms with Crippen LogP contribution in [0.1, 0.15) is 188 Å². The minimum atomic E-state index is -1.95. The molecule has 450 valence electrons. The highest BCUT2D eigenvalue weighted by molar-refractivity contribution is 5.74. The highest BCUT2D eigenvalue weighted by Gasteiger charge is 2.50. The van der Waals surface area contributed by atoms with Crippen LogP contribution in [0, 0.1) is 0 Å². The first kappa shape index (κ1) is 73.1. The Morgan fingerprint density at radius 1 is 0.407 bits per heavy atom. The number of esters is 3. The summed E-state index contributed by atoms with van der Waals surface area (Å²) in [7, 11) is 0. The van der Waals surface area contributed by atoms with Crippen molar-refractivity contribution >= 4 is 23.9 Å². The second-order valence-electron chi connectivity index (χ2n) is 19.5. The molecule has 0 aromatic carbocycles. The summed E-state index contributed by atoms with van der Waals surface area (Å²) in [6, 6.07) is 0. The van der Waals surface area contributed by atoms with E-state index in [1.165, 1.54) is 0 Å². The van der Waals surface area contributed by atoms with Gasteiger partial charge in [0, 0.05) is 19.3 Å². The van der Waals surface area contributed by atoms with Crippen molar-refractivity contribution in [3.8, 4) is 0 Å². The molecule has 12 heteroatoms. The molecule has 0 aliphatic carbocycles. The predicted octanol–water partition coefficient (Wildman–Crippen LogP) is 15.9. The molecule has 3 N–H and O–H groups in total.